The molecule has 156 valence electrons. The van der Waals surface area contributed by atoms with Crippen LogP contribution in [0.4, 0.5) is 0 Å². The number of amides is 2. The minimum absolute atomic E-state index is 0.0747. The van der Waals surface area contributed by atoms with E-state index in [9.17, 15) is 9.59 Å². The van der Waals surface area contributed by atoms with Gasteiger partial charge in [0, 0.05) is 13.1 Å². The van der Waals surface area contributed by atoms with Gasteiger partial charge in [-0.3, -0.25) is 9.59 Å². The number of nitrogens with zero attached hydrogens (tertiary/aromatic N) is 1. The molecule has 0 spiro atoms. The fourth-order valence-electron chi connectivity index (χ4n) is 3.08. The summed E-state index contributed by atoms with van der Waals surface area (Å²) in [7, 11) is 1.61. The van der Waals surface area contributed by atoms with Gasteiger partial charge in [0.25, 0.3) is 0 Å². The Balaban J connectivity index is 2.24. The number of hydrogen-bond donors (Lipinski definition) is 1. The van der Waals surface area contributed by atoms with Crippen LogP contribution >= 0.6 is 0 Å². The van der Waals surface area contributed by atoms with Crippen molar-refractivity contribution < 1.29 is 14.3 Å². The molecule has 1 N–H and O–H groups in total. The van der Waals surface area contributed by atoms with E-state index in [1.807, 2.05) is 69.3 Å². The number of nitrogens with one attached hydrogen (secondary N) is 1. The third-order valence-corrected chi connectivity index (χ3v) is 4.94. The summed E-state index contributed by atoms with van der Waals surface area (Å²) in [5, 5.41) is 2.94. The predicted molar refractivity (Wildman–Crippen MR) is 116 cm³/mol. The van der Waals surface area contributed by atoms with Gasteiger partial charge in [-0.2, -0.15) is 0 Å². The van der Waals surface area contributed by atoms with Crippen LogP contribution in [0.5, 0.6) is 5.75 Å². The van der Waals surface area contributed by atoms with Gasteiger partial charge < -0.3 is 15.0 Å². The first-order valence-corrected chi connectivity index (χ1v) is 10.1. The molecular formula is C24H32N2O3. The molecular weight excluding hydrogens is 364 g/mol. The highest BCUT2D eigenvalue weighted by Crippen LogP contribution is 2.18. The van der Waals surface area contributed by atoms with E-state index in [-0.39, 0.29) is 18.2 Å². The number of aryl methyl sites for hydroxylation is 1. The van der Waals surface area contributed by atoms with Gasteiger partial charge in [-0.15, -0.1) is 0 Å². The average molecular weight is 397 g/mol. The van der Waals surface area contributed by atoms with Crippen LogP contribution in [-0.4, -0.2) is 36.4 Å². The minimum atomic E-state index is -0.573. The summed E-state index contributed by atoms with van der Waals surface area (Å²) in [5.74, 6) is 0.861. The zero-order chi connectivity index (χ0) is 21.4. The molecule has 5 nitrogen and oxygen atoms in total. The van der Waals surface area contributed by atoms with Crippen molar-refractivity contribution in [1.29, 1.82) is 0 Å². The van der Waals surface area contributed by atoms with Crippen molar-refractivity contribution in [2.24, 2.45) is 5.92 Å². The van der Waals surface area contributed by atoms with Crippen molar-refractivity contribution in [3.63, 3.8) is 0 Å². The molecule has 0 saturated carbocycles. The molecule has 2 amide bonds. The third-order valence-electron chi connectivity index (χ3n) is 4.94. The molecule has 0 aliphatic heterocycles. The van der Waals surface area contributed by atoms with E-state index in [0.717, 1.165) is 22.4 Å². The van der Waals surface area contributed by atoms with Crippen molar-refractivity contribution in [2.75, 3.05) is 13.7 Å². The van der Waals surface area contributed by atoms with Crippen LogP contribution < -0.4 is 10.1 Å². The Bertz CT molecular complexity index is 832. The molecule has 0 saturated heterocycles. The lowest BCUT2D eigenvalue weighted by Crippen LogP contribution is -2.48. The zero-order valence-corrected chi connectivity index (χ0v) is 18.1. The molecule has 0 radical (unpaired) electrons. The molecule has 0 aliphatic carbocycles. The first-order valence-electron chi connectivity index (χ1n) is 10.1. The van der Waals surface area contributed by atoms with Gasteiger partial charge in [0.05, 0.1) is 13.5 Å². The number of rotatable bonds is 9. The number of ether oxygens (including phenoxy) is 1. The largest absolute Gasteiger partial charge is 0.497 e. The SMILES string of the molecule is COc1cccc(CN(C(=O)Cc2ccccc2C)[C@@H](C)C(=O)NCC(C)C)c1. The smallest absolute Gasteiger partial charge is 0.242 e. The lowest BCUT2D eigenvalue weighted by atomic mass is 10.0. The third kappa shape index (κ3) is 6.63. The molecule has 0 heterocycles. The number of benzene rings is 2. The summed E-state index contributed by atoms with van der Waals surface area (Å²) < 4.78 is 5.30. The zero-order valence-electron chi connectivity index (χ0n) is 18.1. The minimum Gasteiger partial charge on any atom is -0.497 e. The van der Waals surface area contributed by atoms with Gasteiger partial charge >= 0.3 is 0 Å². The van der Waals surface area contributed by atoms with Crippen LogP contribution in [0.15, 0.2) is 48.5 Å². The first kappa shape index (κ1) is 22.5. The Kier molecular flexibility index (Phi) is 8.25. The van der Waals surface area contributed by atoms with E-state index in [0.29, 0.717) is 19.0 Å². The number of hydrogen-bond acceptors (Lipinski definition) is 3. The van der Waals surface area contributed by atoms with Crippen molar-refractivity contribution >= 4 is 11.8 Å². The van der Waals surface area contributed by atoms with E-state index in [4.69, 9.17) is 4.74 Å². The van der Waals surface area contributed by atoms with Gasteiger partial charge in [0.1, 0.15) is 11.8 Å². The van der Waals surface area contributed by atoms with Crippen LogP contribution in [-0.2, 0) is 22.6 Å². The molecule has 2 aromatic rings. The second-order valence-corrected chi connectivity index (χ2v) is 7.79. The van der Waals surface area contributed by atoms with E-state index >= 15 is 0 Å². The van der Waals surface area contributed by atoms with Crippen molar-refractivity contribution in [3.8, 4) is 5.75 Å². The van der Waals surface area contributed by atoms with Crippen LogP contribution in [0.1, 0.15) is 37.5 Å². The highest BCUT2D eigenvalue weighted by Gasteiger charge is 2.26. The standard InChI is InChI=1S/C24H32N2O3/c1-17(2)15-25-24(28)19(4)26(16-20-10-8-12-22(13-20)29-5)23(27)14-21-11-7-6-9-18(21)3/h6-13,17,19H,14-16H2,1-5H3,(H,25,28)/t19-/m0/s1. The van der Waals surface area contributed by atoms with E-state index in [2.05, 4.69) is 5.32 Å². The van der Waals surface area contributed by atoms with Crippen LogP contribution in [0, 0.1) is 12.8 Å². The van der Waals surface area contributed by atoms with Gasteiger partial charge in [0.15, 0.2) is 0 Å². The topological polar surface area (TPSA) is 58.6 Å². The Morgan fingerprint density at radius 3 is 2.45 bits per heavy atom. The summed E-state index contributed by atoms with van der Waals surface area (Å²) in [5.41, 5.74) is 2.97. The maximum atomic E-state index is 13.2. The van der Waals surface area contributed by atoms with Crippen LogP contribution in [0.25, 0.3) is 0 Å². The second kappa shape index (κ2) is 10.6. The molecule has 2 aromatic carbocycles. The molecule has 0 unspecified atom stereocenters. The Labute approximate surface area is 174 Å². The van der Waals surface area contributed by atoms with E-state index < -0.39 is 6.04 Å². The maximum absolute atomic E-state index is 13.2. The molecule has 0 aromatic heterocycles. The van der Waals surface area contributed by atoms with Crippen LogP contribution in [0.3, 0.4) is 0 Å². The summed E-state index contributed by atoms with van der Waals surface area (Å²) in [6.07, 6.45) is 0.262. The maximum Gasteiger partial charge on any atom is 0.242 e. The Morgan fingerprint density at radius 1 is 1.07 bits per heavy atom. The van der Waals surface area contributed by atoms with Crippen molar-refractivity contribution in [2.45, 2.75) is 46.7 Å². The molecule has 0 fully saturated rings. The fraction of sp³-hybridized carbons (Fsp3) is 0.417. The second-order valence-electron chi connectivity index (χ2n) is 7.79. The van der Waals surface area contributed by atoms with Gasteiger partial charge in [-0.25, -0.2) is 0 Å². The number of carbonyl (C=O) groups is 2. The van der Waals surface area contributed by atoms with Gasteiger partial charge in [0.2, 0.25) is 11.8 Å². The van der Waals surface area contributed by atoms with Crippen molar-refractivity contribution in [3.05, 3.63) is 65.2 Å². The normalized spacial score (nSPS) is 11.8. The molecule has 29 heavy (non-hydrogen) atoms. The summed E-state index contributed by atoms with van der Waals surface area (Å²) in [6, 6.07) is 14.9. The first-order chi connectivity index (χ1) is 13.8. The number of carbonyl (C=O) groups excluding carboxylic acids is 2. The molecule has 0 bridgehead atoms. The van der Waals surface area contributed by atoms with Crippen LogP contribution in [0.2, 0.25) is 0 Å². The highest BCUT2D eigenvalue weighted by atomic mass is 16.5. The molecule has 5 heteroatoms. The summed E-state index contributed by atoms with van der Waals surface area (Å²) in [6.45, 7) is 8.80. The van der Waals surface area contributed by atoms with E-state index in [1.165, 1.54) is 0 Å². The van der Waals surface area contributed by atoms with Gasteiger partial charge in [-0.1, -0.05) is 50.2 Å². The lowest BCUT2D eigenvalue weighted by Gasteiger charge is -2.29. The Morgan fingerprint density at radius 2 is 1.79 bits per heavy atom. The predicted octanol–water partition coefficient (Wildman–Crippen LogP) is 3.74. The average Bonchev–Trinajstić information content (AvgIpc) is 2.71. The summed E-state index contributed by atoms with van der Waals surface area (Å²) >= 11 is 0. The molecule has 0 aliphatic rings. The van der Waals surface area contributed by atoms with Crippen molar-refractivity contribution in [1.82, 2.24) is 10.2 Å². The quantitative estimate of drug-likeness (QED) is 0.703. The molecule has 1 atom stereocenters. The van der Waals surface area contributed by atoms with E-state index in [1.54, 1.807) is 18.9 Å². The lowest BCUT2D eigenvalue weighted by molar-refractivity contribution is -0.140. The molecule has 2 rings (SSSR count). The highest BCUT2D eigenvalue weighted by molar-refractivity contribution is 5.88. The number of methoxy groups -OCH3 is 1. The monoisotopic (exact) mass is 396 g/mol. The Hall–Kier alpha value is -2.82. The fourth-order valence-corrected chi connectivity index (χ4v) is 3.08. The van der Waals surface area contributed by atoms with Gasteiger partial charge in [-0.05, 0) is 48.6 Å². The summed E-state index contributed by atoms with van der Waals surface area (Å²) in [4.78, 5) is 27.6.